The van der Waals surface area contributed by atoms with E-state index in [1.807, 2.05) is 0 Å². The second kappa shape index (κ2) is 16.7. The van der Waals surface area contributed by atoms with E-state index in [2.05, 4.69) is 20.9 Å². The number of carbonyl (C=O) groups is 4. The van der Waals surface area contributed by atoms with E-state index in [4.69, 9.17) is 14.2 Å². The number of nitrogens with one attached hydrogen (secondary N) is 3. The number of carbonyl (C=O) groups excluding carboxylic acids is 4. The first-order chi connectivity index (χ1) is 18.1. The van der Waals surface area contributed by atoms with Crippen LogP contribution in [0.25, 0.3) is 0 Å². The van der Waals surface area contributed by atoms with Gasteiger partial charge in [0.1, 0.15) is 6.04 Å². The van der Waals surface area contributed by atoms with Crippen molar-refractivity contribution in [3.63, 3.8) is 0 Å². The summed E-state index contributed by atoms with van der Waals surface area (Å²) in [7, 11) is 0. The lowest BCUT2D eigenvalue weighted by Gasteiger charge is -2.27. The average molecular weight is 591 g/mol. The second-order valence-corrected chi connectivity index (χ2v) is 9.03. The maximum atomic E-state index is 13.1. The summed E-state index contributed by atoms with van der Waals surface area (Å²) in [4.78, 5) is 53.0. The Hall–Kier alpha value is -2.32. The van der Waals surface area contributed by atoms with E-state index >= 15 is 0 Å². The van der Waals surface area contributed by atoms with Crippen LogP contribution >= 0.6 is 24.8 Å². The molecule has 3 aliphatic heterocycles. The van der Waals surface area contributed by atoms with Gasteiger partial charge >= 0.3 is 0 Å². The lowest BCUT2D eigenvalue weighted by molar-refractivity contribution is -0.136. The molecule has 4 rings (SSSR count). The summed E-state index contributed by atoms with van der Waals surface area (Å²) in [6, 6.07) is 3.97. The molecule has 1 aromatic carbocycles. The van der Waals surface area contributed by atoms with Gasteiger partial charge in [-0.1, -0.05) is 6.07 Å². The lowest BCUT2D eigenvalue weighted by Crippen LogP contribution is -2.54. The summed E-state index contributed by atoms with van der Waals surface area (Å²) < 4.78 is 16.7. The molecule has 0 aliphatic carbocycles. The van der Waals surface area contributed by atoms with Gasteiger partial charge in [-0.05, 0) is 18.6 Å². The number of halogens is 2. The first-order valence-corrected chi connectivity index (χ1v) is 12.8. The Kier molecular flexibility index (Phi) is 14.1. The van der Waals surface area contributed by atoms with Crippen molar-refractivity contribution in [2.75, 3.05) is 84.2 Å². The summed E-state index contributed by atoms with van der Waals surface area (Å²) in [6.45, 7) is 8.59. The summed E-state index contributed by atoms with van der Waals surface area (Å²) in [5, 5.41) is 8.67. The number of piperazine rings is 1. The van der Waals surface area contributed by atoms with Gasteiger partial charge in [0.2, 0.25) is 11.8 Å². The molecule has 1 unspecified atom stereocenters. The fourth-order valence-corrected chi connectivity index (χ4v) is 4.59. The topological polar surface area (TPSA) is 139 Å². The zero-order valence-electron chi connectivity index (χ0n) is 21.8. The van der Waals surface area contributed by atoms with E-state index in [9.17, 15) is 19.2 Å². The first-order valence-electron chi connectivity index (χ1n) is 12.8. The smallest absolute Gasteiger partial charge is 0.264 e. The summed E-state index contributed by atoms with van der Waals surface area (Å²) >= 11 is 0. The number of anilines is 1. The van der Waals surface area contributed by atoms with Crippen molar-refractivity contribution in [2.24, 2.45) is 0 Å². The SMILES string of the molecule is Cl.Cl.O=C1CCC(N2C(=O)c3cccc(NCCOCCOCCOCCN4CCNCC4)c3C2=O)C(=O)N1. The van der Waals surface area contributed by atoms with E-state index in [0.29, 0.717) is 51.9 Å². The van der Waals surface area contributed by atoms with Crippen LogP contribution < -0.4 is 16.0 Å². The monoisotopic (exact) mass is 589 g/mol. The number of rotatable bonds is 14. The number of benzene rings is 1. The zero-order chi connectivity index (χ0) is 26.0. The number of hydrogen-bond acceptors (Lipinski definition) is 10. The minimum absolute atomic E-state index is 0. The molecule has 3 heterocycles. The van der Waals surface area contributed by atoms with Crippen molar-refractivity contribution in [3.05, 3.63) is 29.3 Å². The molecular weight excluding hydrogens is 553 g/mol. The van der Waals surface area contributed by atoms with Crippen LogP contribution in [0.1, 0.15) is 33.6 Å². The van der Waals surface area contributed by atoms with Crippen LogP contribution in [0.2, 0.25) is 0 Å². The highest BCUT2D eigenvalue weighted by Crippen LogP contribution is 2.32. The van der Waals surface area contributed by atoms with Gasteiger partial charge in [0.25, 0.3) is 11.8 Å². The van der Waals surface area contributed by atoms with Crippen LogP contribution in [0, 0.1) is 0 Å². The van der Waals surface area contributed by atoms with Crippen LogP contribution in [0.4, 0.5) is 5.69 Å². The van der Waals surface area contributed by atoms with Gasteiger partial charge in [0, 0.05) is 51.4 Å². The largest absolute Gasteiger partial charge is 0.382 e. The third-order valence-corrected chi connectivity index (χ3v) is 6.54. The highest BCUT2D eigenvalue weighted by Gasteiger charge is 2.45. The zero-order valence-corrected chi connectivity index (χ0v) is 23.4. The molecule has 0 spiro atoms. The molecule has 3 N–H and O–H groups in total. The van der Waals surface area contributed by atoms with Crippen LogP contribution in [-0.2, 0) is 23.8 Å². The van der Waals surface area contributed by atoms with Gasteiger partial charge in [0.15, 0.2) is 0 Å². The highest BCUT2D eigenvalue weighted by atomic mass is 35.5. The molecule has 3 aliphatic rings. The van der Waals surface area contributed by atoms with Gasteiger partial charge in [0.05, 0.1) is 50.8 Å². The number of ether oxygens (including phenoxy) is 3. The predicted octanol–water partition coefficient (Wildman–Crippen LogP) is 0.298. The van der Waals surface area contributed by atoms with E-state index in [1.54, 1.807) is 18.2 Å². The Morgan fingerprint density at radius 2 is 1.54 bits per heavy atom. The fraction of sp³-hybridized carbons (Fsp3) is 0.600. The Bertz CT molecular complexity index is 994. The minimum Gasteiger partial charge on any atom is -0.382 e. The Morgan fingerprint density at radius 3 is 2.23 bits per heavy atom. The van der Waals surface area contributed by atoms with Crippen molar-refractivity contribution in [3.8, 4) is 0 Å². The van der Waals surface area contributed by atoms with Crippen LogP contribution in [0.5, 0.6) is 0 Å². The Labute approximate surface area is 240 Å². The van der Waals surface area contributed by atoms with Crippen molar-refractivity contribution < 1.29 is 33.4 Å². The van der Waals surface area contributed by atoms with Crippen LogP contribution in [-0.4, -0.2) is 118 Å². The third kappa shape index (κ3) is 8.84. The maximum absolute atomic E-state index is 13.1. The number of amides is 4. The van der Waals surface area contributed by atoms with Gasteiger partial charge < -0.3 is 24.8 Å². The van der Waals surface area contributed by atoms with Crippen molar-refractivity contribution in [1.82, 2.24) is 20.4 Å². The molecule has 14 heteroatoms. The van der Waals surface area contributed by atoms with E-state index in [0.717, 1.165) is 37.6 Å². The van der Waals surface area contributed by atoms with Gasteiger partial charge in [-0.2, -0.15) is 0 Å². The molecule has 0 saturated carbocycles. The molecular formula is C25H37Cl2N5O7. The quantitative estimate of drug-likeness (QED) is 0.205. The number of imide groups is 2. The lowest BCUT2D eigenvalue weighted by atomic mass is 10.0. The van der Waals surface area contributed by atoms with Gasteiger partial charge in [-0.25, -0.2) is 0 Å². The molecule has 0 radical (unpaired) electrons. The average Bonchev–Trinajstić information content (AvgIpc) is 3.15. The fourth-order valence-electron chi connectivity index (χ4n) is 4.59. The number of fused-ring (bicyclic) bond motifs is 1. The van der Waals surface area contributed by atoms with Crippen molar-refractivity contribution in [1.29, 1.82) is 0 Å². The molecule has 4 amide bonds. The Balaban J connectivity index is 0.00000267. The predicted molar refractivity (Wildman–Crippen MR) is 148 cm³/mol. The highest BCUT2D eigenvalue weighted by molar-refractivity contribution is 6.25. The molecule has 2 saturated heterocycles. The molecule has 39 heavy (non-hydrogen) atoms. The first kappa shape index (κ1) is 32.9. The standard InChI is InChI=1S/C25H35N5O7.2ClH/c31-21-5-4-20(23(32)28-21)30-24(33)18-2-1-3-19(22(18)25(30)34)27-8-12-35-14-16-37-17-15-36-13-11-29-9-6-26-7-10-29;;/h1-3,20,26-27H,4-17H2,(H,28,31,32);2*1H. The number of piperidine rings is 1. The van der Waals surface area contributed by atoms with E-state index in [1.165, 1.54) is 0 Å². The maximum Gasteiger partial charge on any atom is 0.264 e. The van der Waals surface area contributed by atoms with E-state index in [-0.39, 0.29) is 48.8 Å². The molecule has 218 valence electrons. The van der Waals surface area contributed by atoms with Crippen LogP contribution in [0.3, 0.4) is 0 Å². The van der Waals surface area contributed by atoms with Gasteiger partial charge in [-0.3, -0.25) is 34.3 Å². The molecule has 1 atom stereocenters. The second-order valence-electron chi connectivity index (χ2n) is 9.03. The van der Waals surface area contributed by atoms with Gasteiger partial charge in [-0.15, -0.1) is 24.8 Å². The minimum atomic E-state index is -0.987. The molecule has 2 fully saturated rings. The van der Waals surface area contributed by atoms with Crippen molar-refractivity contribution in [2.45, 2.75) is 18.9 Å². The summed E-state index contributed by atoms with van der Waals surface area (Å²) in [5.41, 5.74) is 0.977. The molecule has 0 aromatic heterocycles. The summed E-state index contributed by atoms with van der Waals surface area (Å²) in [6.07, 6.45) is 0.206. The molecule has 12 nitrogen and oxygen atoms in total. The normalized spacial score (nSPS) is 19.3. The molecule has 1 aromatic rings. The number of nitrogens with zero attached hydrogens (tertiary/aromatic N) is 2. The van der Waals surface area contributed by atoms with Crippen LogP contribution in [0.15, 0.2) is 18.2 Å². The third-order valence-electron chi connectivity index (χ3n) is 6.54. The number of hydrogen-bond donors (Lipinski definition) is 3. The summed E-state index contributed by atoms with van der Waals surface area (Å²) in [5.74, 6) is -2.10. The van der Waals surface area contributed by atoms with E-state index < -0.39 is 29.7 Å². The van der Waals surface area contributed by atoms with Crippen molar-refractivity contribution >= 4 is 54.1 Å². The Morgan fingerprint density at radius 1 is 0.872 bits per heavy atom. The molecule has 0 bridgehead atoms.